The minimum atomic E-state index is -0.484. The SMILES string of the molecule is CCCCCCCC1(OC(=O)OC)CCC(C2CCC(CCC)CC2)CC1. The minimum Gasteiger partial charge on any atom is -0.438 e. The van der Waals surface area contributed by atoms with Crippen LogP contribution in [0, 0.1) is 17.8 Å². The molecule has 0 aromatic rings. The van der Waals surface area contributed by atoms with Gasteiger partial charge in [0.1, 0.15) is 5.60 Å². The third kappa shape index (κ3) is 7.31. The zero-order valence-electron chi connectivity index (χ0n) is 18.3. The molecule has 2 saturated carbocycles. The van der Waals surface area contributed by atoms with Gasteiger partial charge in [-0.25, -0.2) is 4.79 Å². The number of carbonyl (C=O) groups is 1. The zero-order chi connectivity index (χ0) is 19.5. The highest BCUT2D eigenvalue weighted by Crippen LogP contribution is 2.45. The lowest BCUT2D eigenvalue weighted by atomic mass is 9.67. The third-order valence-electron chi connectivity index (χ3n) is 7.40. The molecule has 0 heterocycles. The molecule has 2 aliphatic rings. The Balaban J connectivity index is 1.81. The van der Waals surface area contributed by atoms with E-state index in [9.17, 15) is 4.79 Å². The fraction of sp³-hybridized carbons (Fsp3) is 0.958. The molecule has 3 nitrogen and oxygen atoms in total. The maximum Gasteiger partial charge on any atom is 0.508 e. The predicted molar refractivity (Wildman–Crippen MR) is 112 cm³/mol. The fourth-order valence-electron chi connectivity index (χ4n) is 5.67. The first-order chi connectivity index (χ1) is 13.1. The predicted octanol–water partition coefficient (Wildman–Crippen LogP) is 7.67. The van der Waals surface area contributed by atoms with Crippen LogP contribution in [0.1, 0.15) is 117 Å². The van der Waals surface area contributed by atoms with Crippen molar-refractivity contribution in [3.05, 3.63) is 0 Å². The monoisotopic (exact) mass is 380 g/mol. The molecule has 0 atom stereocenters. The number of carbonyl (C=O) groups excluding carboxylic acids is 1. The van der Waals surface area contributed by atoms with Gasteiger partial charge in [-0.15, -0.1) is 0 Å². The van der Waals surface area contributed by atoms with Crippen LogP contribution in [-0.2, 0) is 9.47 Å². The summed E-state index contributed by atoms with van der Waals surface area (Å²) in [4.78, 5) is 11.9. The Bertz CT molecular complexity index is 404. The largest absolute Gasteiger partial charge is 0.508 e. The molecule has 2 rings (SSSR count). The molecule has 27 heavy (non-hydrogen) atoms. The Labute approximate surface area is 168 Å². The van der Waals surface area contributed by atoms with E-state index in [1.165, 1.54) is 90.6 Å². The van der Waals surface area contributed by atoms with Crippen molar-refractivity contribution in [2.24, 2.45) is 17.8 Å². The lowest BCUT2D eigenvalue weighted by Gasteiger charge is -2.43. The summed E-state index contributed by atoms with van der Waals surface area (Å²) in [7, 11) is 1.43. The van der Waals surface area contributed by atoms with Crippen molar-refractivity contribution >= 4 is 6.16 Å². The Morgan fingerprint density at radius 3 is 2.07 bits per heavy atom. The maximum atomic E-state index is 11.9. The van der Waals surface area contributed by atoms with Crippen LogP contribution in [0.15, 0.2) is 0 Å². The molecule has 2 aliphatic carbocycles. The second-order valence-corrected chi connectivity index (χ2v) is 9.31. The van der Waals surface area contributed by atoms with E-state index in [1.807, 2.05) is 0 Å². The highest BCUT2D eigenvalue weighted by molar-refractivity contribution is 5.60. The number of hydrogen-bond donors (Lipinski definition) is 0. The van der Waals surface area contributed by atoms with Gasteiger partial charge in [0.2, 0.25) is 0 Å². The summed E-state index contributed by atoms with van der Waals surface area (Å²) in [5.74, 6) is 2.75. The number of hydrogen-bond acceptors (Lipinski definition) is 3. The average Bonchev–Trinajstić information content (AvgIpc) is 2.69. The second kappa shape index (κ2) is 12.0. The number of rotatable bonds is 10. The van der Waals surface area contributed by atoms with Gasteiger partial charge in [-0.2, -0.15) is 0 Å². The molecule has 0 bridgehead atoms. The molecule has 0 N–H and O–H groups in total. The molecule has 0 aromatic heterocycles. The first kappa shape index (κ1) is 22.6. The van der Waals surface area contributed by atoms with Crippen LogP contribution in [0.25, 0.3) is 0 Å². The number of methoxy groups -OCH3 is 1. The van der Waals surface area contributed by atoms with Crippen LogP contribution in [0.5, 0.6) is 0 Å². The van der Waals surface area contributed by atoms with Gasteiger partial charge in [-0.3, -0.25) is 0 Å². The molecule has 0 saturated heterocycles. The topological polar surface area (TPSA) is 35.5 Å². The average molecular weight is 381 g/mol. The molecule has 158 valence electrons. The van der Waals surface area contributed by atoms with Gasteiger partial charge < -0.3 is 9.47 Å². The minimum absolute atomic E-state index is 0.255. The molecule has 0 radical (unpaired) electrons. The van der Waals surface area contributed by atoms with E-state index in [2.05, 4.69) is 13.8 Å². The molecule has 0 amide bonds. The molecule has 0 aromatic carbocycles. The van der Waals surface area contributed by atoms with Gasteiger partial charge in [0.25, 0.3) is 0 Å². The fourth-order valence-corrected chi connectivity index (χ4v) is 5.67. The van der Waals surface area contributed by atoms with E-state index in [4.69, 9.17) is 9.47 Å². The van der Waals surface area contributed by atoms with E-state index in [-0.39, 0.29) is 5.60 Å². The van der Waals surface area contributed by atoms with E-state index in [0.717, 1.165) is 37.0 Å². The zero-order valence-corrected chi connectivity index (χ0v) is 18.3. The van der Waals surface area contributed by atoms with Gasteiger partial charge in [-0.05, 0) is 69.1 Å². The first-order valence-corrected chi connectivity index (χ1v) is 11.9. The van der Waals surface area contributed by atoms with Crippen LogP contribution in [-0.4, -0.2) is 18.9 Å². The van der Waals surface area contributed by atoms with Crippen molar-refractivity contribution in [3.63, 3.8) is 0 Å². The van der Waals surface area contributed by atoms with Crippen molar-refractivity contribution < 1.29 is 14.3 Å². The standard InChI is InChI=1S/C24H44O3/c1-4-6-7-8-9-17-24(27-23(25)26-3)18-15-22(16-19-24)21-13-11-20(10-5-2)12-14-21/h20-22H,4-19H2,1-3H3. The van der Waals surface area contributed by atoms with Crippen LogP contribution >= 0.6 is 0 Å². The first-order valence-electron chi connectivity index (χ1n) is 11.9. The normalized spacial score (nSPS) is 31.4. The molecule has 0 unspecified atom stereocenters. The van der Waals surface area contributed by atoms with E-state index in [1.54, 1.807) is 0 Å². The Morgan fingerprint density at radius 2 is 1.48 bits per heavy atom. The summed E-state index contributed by atoms with van der Waals surface area (Å²) in [6.45, 7) is 4.56. The summed E-state index contributed by atoms with van der Waals surface area (Å²) in [5.41, 5.74) is -0.255. The number of ether oxygens (including phenoxy) is 2. The quantitative estimate of drug-likeness (QED) is 0.288. The molecule has 0 aliphatic heterocycles. The number of unbranched alkanes of at least 4 members (excludes halogenated alkanes) is 4. The summed E-state index contributed by atoms with van der Waals surface area (Å²) in [6.07, 6.45) is 19.9. The lowest BCUT2D eigenvalue weighted by molar-refractivity contribution is -0.0678. The van der Waals surface area contributed by atoms with Crippen LogP contribution in [0.4, 0.5) is 4.79 Å². The Morgan fingerprint density at radius 1 is 0.852 bits per heavy atom. The van der Waals surface area contributed by atoms with Gasteiger partial charge in [0.15, 0.2) is 0 Å². The van der Waals surface area contributed by atoms with Crippen LogP contribution < -0.4 is 0 Å². The Hall–Kier alpha value is -0.730. The van der Waals surface area contributed by atoms with Gasteiger partial charge >= 0.3 is 6.16 Å². The van der Waals surface area contributed by atoms with Crippen LogP contribution in [0.3, 0.4) is 0 Å². The molecule has 0 spiro atoms. The van der Waals surface area contributed by atoms with Crippen molar-refractivity contribution in [1.29, 1.82) is 0 Å². The summed E-state index contributed by atoms with van der Waals surface area (Å²) in [6, 6.07) is 0. The van der Waals surface area contributed by atoms with Crippen molar-refractivity contribution in [2.75, 3.05) is 7.11 Å². The van der Waals surface area contributed by atoms with Crippen LogP contribution in [0.2, 0.25) is 0 Å². The summed E-state index contributed by atoms with van der Waals surface area (Å²) < 4.78 is 10.7. The third-order valence-corrected chi connectivity index (χ3v) is 7.40. The molecular weight excluding hydrogens is 336 g/mol. The van der Waals surface area contributed by atoms with Crippen molar-refractivity contribution in [3.8, 4) is 0 Å². The molecule has 3 heteroatoms. The van der Waals surface area contributed by atoms with Gasteiger partial charge in [-0.1, -0.05) is 65.2 Å². The van der Waals surface area contributed by atoms with Gasteiger partial charge in [0.05, 0.1) is 7.11 Å². The van der Waals surface area contributed by atoms with Crippen molar-refractivity contribution in [2.45, 2.75) is 122 Å². The highest BCUT2D eigenvalue weighted by Gasteiger charge is 2.41. The smallest absolute Gasteiger partial charge is 0.438 e. The second-order valence-electron chi connectivity index (χ2n) is 9.31. The molecule has 2 fully saturated rings. The summed E-state index contributed by atoms with van der Waals surface area (Å²) in [5, 5.41) is 0. The lowest BCUT2D eigenvalue weighted by Crippen LogP contribution is -2.40. The van der Waals surface area contributed by atoms with E-state index in [0.29, 0.717) is 0 Å². The maximum absolute atomic E-state index is 11.9. The molecular formula is C24H44O3. The summed E-state index contributed by atoms with van der Waals surface area (Å²) >= 11 is 0. The van der Waals surface area contributed by atoms with Gasteiger partial charge in [0, 0.05) is 0 Å². The van der Waals surface area contributed by atoms with Crippen molar-refractivity contribution in [1.82, 2.24) is 0 Å². The highest BCUT2D eigenvalue weighted by atomic mass is 16.7. The van der Waals surface area contributed by atoms with E-state index < -0.39 is 6.16 Å². The van der Waals surface area contributed by atoms with E-state index >= 15 is 0 Å². The Kier molecular flexibility index (Phi) is 10.00.